The molecule has 0 atom stereocenters. The molecular formula is C12H11Cl2MgO3P. The van der Waals surface area contributed by atoms with E-state index in [1.165, 1.54) is 0 Å². The Labute approximate surface area is 130 Å². The molecule has 0 saturated heterocycles. The zero-order chi connectivity index (χ0) is 13.9. The van der Waals surface area contributed by atoms with Crippen molar-refractivity contribution >= 4 is 44.9 Å². The van der Waals surface area contributed by atoms with Crippen LogP contribution in [0.3, 0.4) is 0 Å². The molecular weight excluding hydrogens is 318 g/mol. The van der Waals surface area contributed by atoms with Crippen LogP contribution in [-0.2, 0) is 0 Å². The van der Waals surface area contributed by atoms with Gasteiger partial charge in [0.05, 0.1) is 0 Å². The van der Waals surface area contributed by atoms with Crippen LogP contribution >= 0.6 is 26.7 Å². The highest BCUT2D eigenvalue weighted by atomic mass is 35.6. The van der Waals surface area contributed by atoms with Crippen molar-refractivity contribution in [1.82, 2.24) is 0 Å². The first-order valence-corrected chi connectivity index (χ1v) is 10.7. The largest absolute Gasteiger partial charge is 0.618 e. The van der Waals surface area contributed by atoms with Gasteiger partial charge in [0, 0.05) is 0 Å². The van der Waals surface area contributed by atoms with Gasteiger partial charge in [-0.25, -0.2) is 0 Å². The first-order valence-electron chi connectivity index (χ1n) is 5.33. The fourth-order valence-electron chi connectivity index (χ4n) is 1.16. The molecule has 0 unspecified atom stereocenters. The Morgan fingerprint density at radius 3 is 1.42 bits per heavy atom. The van der Waals surface area contributed by atoms with E-state index in [-0.39, 0.29) is 0 Å². The van der Waals surface area contributed by atoms with Gasteiger partial charge in [0.25, 0.3) is 0 Å². The minimum Gasteiger partial charge on any atom is -0.418 e. The van der Waals surface area contributed by atoms with E-state index in [1.54, 1.807) is 24.3 Å². The van der Waals surface area contributed by atoms with E-state index in [0.29, 0.717) is 11.5 Å². The zero-order valence-electron chi connectivity index (χ0n) is 9.95. The number of halogens is 2. The minimum atomic E-state index is -1.93. The number of benzene rings is 2. The normalized spacial score (nSPS) is 9.05. The van der Waals surface area contributed by atoms with E-state index in [1.807, 2.05) is 36.4 Å². The number of para-hydroxylation sites is 2. The molecule has 7 heteroatoms. The summed E-state index contributed by atoms with van der Waals surface area (Å²) in [6, 6.07) is 18.2. The molecule has 0 amide bonds. The van der Waals surface area contributed by atoms with Crippen molar-refractivity contribution < 1.29 is 13.9 Å². The lowest BCUT2D eigenvalue weighted by Gasteiger charge is -2.11. The second kappa shape index (κ2) is 10.6. The van der Waals surface area contributed by atoms with Gasteiger partial charge in [-0.15, -0.1) is 0 Å². The number of rotatable bonds is 4. The first-order chi connectivity index (χ1) is 9.26. The van der Waals surface area contributed by atoms with Crippen LogP contribution in [0.15, 0.2) is 60.7 Å². The summed E-state index contributed by atoms with van der Waals surface area (Å²) < 4.78 is 10.4. The molecule has 1 N–H and O–H groups in total. The average Bonchev–Trinajstić information content (AvgIpc) is 2.41. The van der Waals surface area contributed by atoms with Gasteiger partial charge >= 0.3 is 26.8 Å². The SMILES string of the molecule is OP(Oc1ccccc1)Oc1ccccc1.[Cl][Mg][Cl]. The maximum Gasteiger partial charge on any atom is 0.618 e. The van der Waals surface area contributed by atoms with E-state index >= 15 is 0 Å². The summed E-state index contributed by atoms with van der Waals surface area (Å²) in [5.41, 5.74) is 0. The average molecular weight is 329 g/mol. The molecule has 3 nitrogen and oxygen atoms in total. The monoisotopic (exact) mass is 328 g/mol. The second-order valence-electron chi connectivity index (χ2n) is 3.15. The second-order valence-corrected chi connectivity index (χ2v) is 6.61. The van der Waals surface area contributed by atoms with Crippen molar-refractivity contribution in [3.63, 3.8) is 0 Å². The molecule has 19 heavy (non-hydrogen) atoms. The Hall–Kier alpha value is -0.224. The Kier molecular flexibility index (Phi) is 9.35. The van der Waals surface area contributed by atoms with Crippen LogP contribution in [0, 0.1) is 0 Å². The molecule has 0 aliphatic rings. The molecule has 98 valence electrons. The molecule has 0 fully saturated rings. The van der Waals surface area contributed by atoms with Crippen molar-refractivity contribution in [2.45, 2.75) is 0 Å². The van der Waals surface area contributed by atoms with Crippen molar-refractivity contribution in [3.8, 4) is 11.5 Å². The highest BCUT2D eigenvalue weighted by molar-refractivity contribution is 7.41. The Balaban J connectivity index is 0.000000550. The molecule has 0 aliphatic carbocycles. The van der Waals surface area contributed by atoms with Crippen LogP contribution in [0.5, 0.6) is 11.5 Å². The Morgan fingerprint density at radius 1 is 0.789 bits per heavy atom. The lowest BCUT2D eigenvalue weighted by Crippen LogP contribution is -1.93. The molecule has 0 saturated carbocycles. The Bertz CT molecular complexity index is 406. The summed E-state index contributed by atoms with van der Waals surface area (Å²) in [7, 11) is 7.87. The van der Waals surface area contributed by atoms with Crippen LogP contribution in [0.4, 0.5) is 0 Å². The summed E-state index contributed by atoms with van der Waals surface area (Å²) in [5.74, 6) is 1.18. The van der Waals surface area contributed by atoms with Gasteiger partial charge < -0.3 is 32.1 Å². The van der Waals surface area contributed by atoms with E-state index < -0.39 is 26.8 Å². The molecule has 0 radical (unpaired) electrons. The molecule has 2 aromatic rings. The number of hydrogen-bond acceptors (Lipinski definition) is 3. The molecule has 0 spiro atoms. The summed E-state index contributed by atoms with van der Waals surface area (Å²) in [6.07, 6.45) is 0. The van der Waals surface area contributed by atoms with Crippen molar-refractivity contribution in [2.24, 2.45) is 0 Å². The van der Waals surface area contributed by atoms with Crippen molar-refractivity contribution in [1.29, 1.82) is 0 Å². The standard InChI is InChI=1S/C12H11O3P.2ClH.Mg/c13-16(14-11-7-3-1-4-8-11)15-12-9-5-2-6-10-12;;;/h1-10,13H;2*1H;/q;;;+2/p-2. The lowest BCUT2D eigenvalue weighted by molar-refractivity contribution is 0.382. The predicted molar refractivity (Wildman–Crippen MR) is 80.7 cm³/mol. The zero-order valence-corrected chi connectivity index (χ0v) is 13.8. The highest BCUT2D eigenvalue weighted by Crippen LogP contribution is 2.35. The summed E-state index contributed by atoms with van der Waals surface area (Å²) >= 11 is -0.639. The lowest BCUT2D eigenvalue weighted by atomic mass is 10.3. The molecule has 0 bridgehead atoms. The van der Waals surface area contributed by atoms with Crippen LogP contribution in [0.25, 0.3) is 0 Å². The third kappa shape index (κ3) is 7.83. The first kappa shape index (κ1) is 16.8. The Morgan fingerprint density at radius 2 is 1.11 bits per heavy atom. The van der Waals surface area contributed by atoms with E-state index in [2.05, 4.69) is 0 Å². The maximum absolute atomic E-state index is 9.58. The molecule has 0 aromatic heterocycles. The van der Waals surface area contributed by atoms with Crippen LogP contribution < -0.4 is 9.05 Å². The highest BCUT2D eigenvalue weighted by Gasteiger charge is 2.10. The van der Waals surface area contributed by atoms with Gasteiger partial charge in [0.2, 0.25) is 0 Å². The summed E-state index contributed by atoms with van der Waals surface area (Å²) in [5, 5.41) is 0. The van der Waals surface area contributed by atoms with E-state index in [4.69, 9.17) is 27.2 Å². The van der Waals surface area contributed by atoms with Gasteiger partial charge in [0.1, 0.15) is 11.5 Å². The van der Waals surface area contributed by atoms with Crippen LogP contribution in [0.1, 0.15) is 0 Å². The van der Waals surface area contributed by atoms with Crippen molar-refractivity contribution in [3.05, 3.63) is 60.7 Å². The fourth-order valence-corrected chi connectivity index (χ4v) is 1.80. The number of hydrogen-bond donors (Lipinski definition) is 1. The minimum absolute atomic E-state index is 0.590. The van der Waals surface area contributed by atoms with Crippen LogP contribution in [0.2, 0.25) is 0 Å². The topological polar surface area (TPSA) is 38.7 Å². The summed E-state index contributed by atoms with van der Waals surface area (Å²) in [4.78, 5) is 9.58. The van der Waals surface area contributed by atoms with E-state index in [0.717, 1.165) is 0 Å². The molecule has 0 aliphatic heterocycles. The van der Waals surface area contributed by atoms with Gasteiger partial charge in [-0.3, -0.25) is 0 Å². The van der Waals surface area contributed by atoms with Gasteiger partial charge in [-0.2, -0.15) is 0 Å². The van der Waals surface area contributed by atoms with Gasteiger partial charge in [0.15, 0.2) is 0 Å². The third-order valence-electron chi connectivity index (χ3n) is 1.85. The summed E-state index contributed by atoms with van der Waals surface area (Å²) in [6.45, 7) is 0. The molecule has 2 aromatic carbocycles. The van der Waals surface area contributed by atoms with Gasteiger partial charge in [-0.1, -0.05) is 36.4 Å². The third-order valence-corrected chi connectivity index (χ3v) is 2.59. The van der Waals surface area contributed by atoms with E-state index in [9.17, 15) is 4.89 Å². The van der Waals surface area contributed by atoms with Gasteiger partial charge in [-0.05, 0) is 24.3 Å². The smallest absolute Gasteiger partial charge is 0.418 e. The van der Waals surface area contributed by atoms with Crippen LogP contribution in [-0.4, -0.2) is 23.1 Å². The predicted octanol–water partition coefficient (Wildman–Crippen LogP) is 4.36. The van der Waals surface area contributed by atoms with Crippen molar-refractivity contribution in [2.75, 3.05) is 0 Å². The quantitative estimate of drug-likeness (QED) is 0.669. The molecule has 2 rings (SSSR count). The maximum atomic E-state index is 9.58. The molecule has 0 heterocycles. The fraction of sp³-hybridized carbons (Fsp3) is 0.